The molecule has 1 saturated carbocycles. The van der Waals surface area contributed by atoms with Crippen molar-refractivity contribution in [3.8, 4) is 0 Å². The number of carbonyl (C=O) groups excluding carboxylic acids is 2. The average molecular weight is 528 g/mol. The summed E-state index contributed by atoms with van der Waals surface area (Å²) in [6.07, 6.45) is 7.41. The van der Waals surface area contributed by atoms with E-state index in [9.17, 15) is 18.0 Å². The number of nitrogens with zero attached hydrogens (tertiary/aromatic N) is 2. The molecule has 2 aromatic carbocycles. The van der Waals surface area contributed by atoms with Crippen molar-refractivity contribution >= 4 is 27.5 Å². The predicted molar refractivity (Wildman–Crippen MR) is 149 cm³/mol. The minimum atomic E-state index is -3.74. The zero-order valence-corrected chi connectivity index (χ0v) is 23.4. The van der Waals surface area contributed by atoms with Crippen molar-refractivity contribution in [1.29, 1.82) is 0 Å². The third-order valence-electron chi connectivity index (χ3n) is 7.00. The first-order valence-electron chi connectivity index (χ1n) is 13.3. The van der Waals surface area contributed by atoms with Gasteiger partial charge in [-0.15, -0.1) is 0 Å². The van der Waals surface area contributed by atoms with Crippen molar-refractivity contribution in [3.63, 3.8) is 0 Å². The lowest BCUT2D eigenvalue weighted by molar-refractivity contribution is -0.140. The van der Waals surface area contributed by atoms with Gasteiger partial charge in [-0.1, -0.05) is 62.6 Å². The highest BCUT2D eigenvalue weighted by molar-refractivity contribution is 7.92. The van der Waals surface area contributed by atoms with E-state index in [-0.39, 0.29) is 24.4 Å². The number of sulfonamides is 1. The zero-order chi connectivity index (χ0) is 27.0. The lowest BCUT2D eigenvalue weighted by atomic mass is 9.95. The summed E-state index contributed by atoms with van der Waals surface area (Å²) in [4.78, 5) is 28.8. The molecule has 3 rings (SSSR count). The molecule has 1 aliphatic rings. The lowest BCUT2D eigenvalue weighted by Crippen LogP contribution is -2.54. The number of anilines is 1. The van der Waals surface area contributed by atoms with Crippen LogP contribution in [0, 0.1) is 13.8 Å². The first-order chi connectivity index (χ1) is 17.6. The van der Waals surface area contributed by atoms with Crippen LogP contribution in [0.1, 0.15) is 62.1 Å². The minimum Gasteiger partial charge on any atom is -0.352 e. The lowest BCUT2D eigenvalue weighted by Gasteiger charge is -2.34. The highest BCUT2D eigenvalue weighted by atomic mass is 32.2. The Balaban J connectivity index is 1.88. The highest BCUT2D eigenvalue weighted by Crippen LogP contribution is 2.23. The molecule has 0 aliphatic heterocycles. The van der Waals surface area contributed by atoms with Crippen molar-refractivity contribution in [2.75, 3.05) is 23.7 Å². The van der Waals surface area contributed by atoms with Crippen LogP contribution < -0.4 is 9.62 Å². The fourth-order valence-corrected chi connectivity index (χ4v) is 5.98. The molecule has 0 radical (unpaired) electrons. The highest BCUT2D eigenvalue weighted by Gasteiger charge is 2.32. The molecule has 2 amide bonds. The van der Waals surface area contributed by atoms with Crippen LogP contribution >= 0.6 is 0 Å². The molecule has 0 aromatic heterocycles. The standard InChI is InChI=1S/C29H41N3O4S/c1-5-27(29(34)30-25-14-10-7-11-15-25)31(17-16-24-12-8-6-9-13-24)28(33)21-32(37(4,35)36)26-19-22(2)18-23(3)20-26/h6,8-9,12-13,18-20,25,27H,5,7,10-11,14-17,21H2,1-4H3,(H,30,34)/t27-/m1/s1. The molecule has 202 valence electrons. The van der Waals surface area contributed by atoms with Crippen molar-refractivity contribution in [2.45, 2.75) is 77.8 Å². The van der Waals surface area contributed by atoms with Crippen molar-refractivity contribution in [3.05, 3.63) is 65.2 Å². The summed E-state index contributed by atoms with van der Waals surface area (Å²) in [6, 6.07) is 14.8. The Morgan fingerprint density at radius 3 is 2.19 bits per heavy atom. The maximum atomic E-state index is 13.8. The third kappa shape index (κ3) is 8.32. The van der Waals surface area contributed by atoms with Gasteiger partial charge in [0.2, 0.25) is 21.8 Å². The summed E-state index contributed by atoms with van der Waals surface area (Å²) in [6.45, 7) is 5.65. The molecule has 0 saturated heterocycles. The number of amides is 2. The normalized spacial score (nSPS) is 15.1. The molecule has 37 heavy (non-hydrogen) atoms. The number of aryl methyl sites for hydroxylation is 2. The fourth-order valence-electron chi connectivity index (χ4n) is 5.15. The summed E-state index contributed by atoms with van der Waals surface area (Å²) in [5.41, 5.74) is 3.33. The molecule has 0 spiro atoms. The molecule has 8 heteroatoms. The molecular formula is C29H41N3O4S. The van der Waals surface area contributed by atoms with E-state index < -0.39 is 16.1 Å². The van der Waals surface area contributed by atoms with Crippen LogP contribution in [0.3, 0.4) is 0 Å². The SMILES string of the molecule is CC[C@H](C(=O)NC1CCCCC1)N(CCc1ccccc1)C(=O)CN(c1cc(C)cc(C)c1)S(C)(=O)=O. The van der Waals surface area contributed by atoms with Gasteiger partial charge in [-0.05, 0) is 68.4 Å². The van der Waals surface area contributed by atoms with E-state index >= 15 is 0 Å². The van der Waals surface area contributed by atoms with Gasteiger partial charge < -0.3 is 10.2 Å². The van der Waals surface area contributed by atoms with Crippen molar-refractivity contribution in [2.24, 2.45) is 0 Å². The Hall–Kier alpha value is -2.87. The second kappa shape index (κ2) is 13.1. The van der Waals surface area contributed by atoms with Crippen molar-refractivity contribution < 1.29 is 18.0 Å². The minimum absolute atomic E-state index is 0.129. The summed E-state index contributed by atoms with van der Waals surface area (Å²) >= 11 is 0. The van der Waals surface area contributed by atoms with Crippen LogP contribution in [-0.2, 0) is 26.0 Å². The first-order valence-corrected chi connectivity index (χ1v) is 15.1. The van der Waals surface area contributed by atoms with Gasteiger partial charge in [0, 0.05) is 12.6 Å². The van der Waals surface area contributed by atoms with Crippen LogP contribution in [0.5, 0.6) is 0 Å². The molecule has 7 nitrogen and oxygen atoms in total. The van der Waals surface area contributed by atoms with Gasteiger partial charge in [-0.2, -0.15) is 0 Å². The van der Waals surface area contributed by atoms with Gasteiger partial charge in [0.1, 0.15) is 12.6 Å². The third-order valence-corrected chi connectivity index (χ3v) is 8.14. The molecule has 1 fully saturated rings. The molecule has 1 atom stereocenters. The van der Waals surface area contributed by atoms with Gasteiger partial charge in [-0.3, -0.25) is 13.9 Å². The topological polar surface area (TPSA) is 86.8 Å². The van der Waals surface area contributed by atoms with E-state index in [2.05, 4.69) is 5.32 Å². The van der Waals surface area contributed by atoms with Gasteiger partial charge in [-0.25, -0.2) is 8.42 Å². The quantitative estimate of drug-likeness (QED) is 0.470. The second-order valence-electron chi connectivity index (χ2n) is 10.2. The van der Waals surface area contributed by atoms with Crippen LogP contribution in [-0.4, -0.2) is 56.6 Å². The van der Waals surface area contributed by atoms with Gasteiger partial charge in [0.05, 0.1) is 11.9 Å². The number of carbonyl (C=O) groups is 2. The van der Waals surface area contributed by atoms with E-state index in [1.165, 1.54) is 6.42 Å². The Labute approximate surface area is 222 Å². The number of hydrogen-bond acceptors (Lipinski definition) is 4. The smallest absolute Gasteiger partial charge is 0.244 e. The average Bonchev–Trinajstić information content (AvgIpc) is 2.84. The van der Waals surface area contributed by atoms with Gasteiger partial charge in [0.15, 0.2) is 0 Å². The zero-order valence-electron chi connectivity index (χ0n) is 22.6. The monoisotopic (exact) mass is 527 g/mol. The summed E-state index contributed by atoms with van der Waals surface area (Å²) < 4.78 is 26.8. The summed E-state index contributed by atoms with van der Waals surface area (Å²) in [5.74, 6) is -0.542. The van der Waals surface area contributed by atoms with Crippen LogP contribution in [0.4, 0.5) is 5.69 Å². The molecule has 1 aliphatic carbocycles. The number of rotatable bonds is 11. The van der Waals surface area contributed by atoms with Crippen molar-refractivity contribution in [1.82, 2.24) is 10.2 Å². The number of nitrogens with one attached hydrogen (secondary N) is 1. The van der Waals surface area contributed by atoms with E-state index in [0.29, 0.717) is 25.1 Å². The van der Waals surface area contributed by atoms with E-state index in [1.54, 1.807) is 17.0 Å². The Bertz CT molecular complexity index is 1140. The molecule has 1 N–H and O–H groups in total. The summed E-state index contributed by atoms with van der Waals surface area (Å²) in [7, 11) is -3.74. The molecular weight excluding hydrogens is 486 g/mol. The van der Waals surface area contributed by atoms with Crippen LogP contribution in [0.2, 0.25) is 0 Å². The Kier molecular flexibility index (Phi) is 10.1. The molecule has 2 aromatic rings. The Morgan fingerprint density at radius 1 is 1.00 bits per heavy atom. The largest absolute Gasteiger partial charge is 0.352 e. The molecule has 0 heterocycles. The van der Waals surface area contributed by atoms with E-state index in [0.717, 1.165) is 52.9 Å². The fraction of sp³-hybridized carbons (Fsp3) is 0.517. The second-order valence-corrected chi connectivity index (χ2v) is 12.1. The van der Waals surface area contributed by atoms with E-state index in [4.69, 9.17) is 0 Å². The number of benzene rings is 2. The maximum absolute atomic E-state index is 13.8. The van der Waals surface area contributed by atoms with Gasteiger partial charge >= 0.3 is 0 Å². The van der Waals surface area contributed by atoms with Crippen LogP contribution in [0.25, 0.3) is 0 Å². The van der Waals surface area contributed by atoms with Crippen LogP contribution in [0.15, 0.2) is 48.5 Å². The maximum Gasteiger partial charge on any atom is 0.244 e. The van der Waals surface area contributed by atoms with Gasteiger partial charge in [0.25, 0.3) is 0 Å². The first kappa shape index (κ1) is 28.7. The van der Waals surface area contributed by atoms with E-state index in [1.807, 2.05) is 57.2 Å². The number of hydrogen-bond donors (Lipinski definition) is 1. The predicted octanol–water partition coefficient (Wildman–Crippen LogP) is 4.37. The summed E-state index contributed by atoms with van der Waals surface area (Å²) in [5, 5.41) is 3.17. The molecule has 0 bridgehead atoms. The molecule has 0 unspecified atom stereocenters. The Morgan fingerprint density at radius 2 is 1.62 bits per heavy atom.